The second kappa shape index (κ2) is 8.51. The van der Waals surface area contributed by atoms with Gasteiger partial charge in [-0.15, -0.1) is 11.3 Å². The molecule has 2 aromatic rings. The van der Waals surface area contributed by atoms with Crippen LogP contribution in [-0.4, -0.2) is 36.7 Å². The summed E-state index contributed by atoms with van der Waals surface area (Å²) in [5, 5.41) is 3.40. The summed E-state index contributed by atoms with van der Waals surface area (Å²) in [7, 11) is -4.31. The highest BCUT2D eigenvalue weighted by Gasteiger charge is 2.40. The van der Waals surface area contributed by atoms with Gasteiger partial charge >= 0.3 is 6.18 Å². The van der Waals surface area contributed by atoms with Crippen molar-refractivity contribution in [3.63, 3.8) is 0 Å². The standard InChI is InChI=1S/C20H22F3N3O3S2/c21-20(22,23)14-5-1-4-8-17(14)31(28,29)26-11-9-13(10-12-26)18(27)25-19-24-15-6-2-3-7-16(15)30-19/h1,4-5,8,13H,2-3,6-7,9-12H2,(H,24,25,27). The van der Waals surface area contributed by atoms with Crippen molar-refractivity contribution in [1.29, 1.82) is 0 Å². The number of aromatic nitrogens is 1. The van der Waals surface area contributed by atoms with Crippen LogP contribution in [0, 0.1) is 5.92 Å². The first-order valence-electron chi connectivity index (χ1n) is 10.1. The number of fused-ring (bicyclic) bond motifs is 1. The number of thiazole rings is 1. The first-order chi connectivity index (χ1) is 14.7. The van der Waals surface area contributed by atoms with E-state index in [1.807, 2.05) is 0 Å². The molecule has 0 spiro atoms. The maximum atomic E-state index is 13.3. The molecule has 1 fully saturated rings. The zero-order chi connectivity index (χ0) is 22.2. The summed E-state index contributed by atoms with van der Waals surface area (Å²) in [4.78, 5) is 17.6. The van der Waals surface area contributed by atoms with Gasteiger partial charge in [-0.05, 0) is 50.7 Å². The van der Waals surface area contributed by atoms with Crippen molar-refractivity contribution in [2.24, 2.45) is 5.92 Å². The predicted octanol–water partition coefficient (Wildman–Crippen LogP) is 4.08. The molecule has 1 aromatic heterocycles. The van der Waals surface area contributed by atoms with E-state index in [0.29, 0.717) is 5.13 Å². The lowest BCUT2D eigenvalue weighted by atomic mass is 9.97. The van der Waals surface area contributed by atoms with E-state index >= 15 is 0 Å². The van der Waals surface area contributed by atoms with E-state index in [-0.39, 0.29) is 31.8 Å². The predicted molar refractivity (Wildman–Crippen MR) is 110 cm³/mol. The fraction of sp³-hybridized carbons (Fsp3) is 0.500. The Balaban J connectivity index is 1.41. The van der Waals surface area contributed by atoms with Crippen LogP contribution >= 0.6 is 11.3 Å². The maximum absolute atomic E-state index is 13.3. The highest BCUT2D eigenvalue weighted by atomic mass is 32.2. The SMILES string of the molecule is O=C(Nc1nc2c(s1)CCCC2)C1CCN(S(=O)(=O)c2ccccc2C(F)(F)F)CC1. The molecule has 6 nitrogen and oxygen atoms in total. The Bertz CT molecular complexity index is 1050. The normalized spacial score (nSPS) is 18.5. The number of aryl methyl sites for hydroxylation is 2. The number of halogens is 3. The molecule has 4 rings (SSSR count). The Morgan fingerprint density at radius 1 is 1.13 bits per heavy atom. The third-order valence-electron chi connectivity index (χ3n) is 5.71. The third kappa shape index (κ3) is 4.63. The van der Waals surface area contributed by atoms with Crippen molar-refractivity contribution < 1.29 is 26.4 Å². The van der Waals surface area contributed by atoms with Gasteiger partial charge in [-0.3, -0.25) is 4.79 Å². The van der Waals surface area contributed by atoms with E-state index in [1.54, 1.807) is 0 Å². The molecule has 0 bridgehead atoms. The van der Waals surface area contributed by atoms with Crippen LogP contribution in [0.4, 0.5) is 18.3 Å². The van der Waals surface area contributed by atoms with E-state index < -0.39 is 32.6 Å². The number of nitrogens with zero attached hydrogens (tertiary/aromatic N) is 2. The Hall–Kier alpha value is -1.98. The molecule has 168 valence electrons. The number of amides is 1. The molecule has 2 aliphatic rings. The van der Waals surface area contributed by atoms with E-state index in [4.69, 9.17) is 0 Å². The Morgan fingerprint density at radius 2 is 1.81 bits per heavy atom. The number of benzene rings is 1. The first-order valence-corrected chi connectivity index (χ1v) is 12.4. The monoisotopic (exact) mass is 473 g/mol. The van der Waals surface area contributed by atoms with Crippen LogP contribution in [0.1, 0.15) is 41.8 Å². The van der Waals surface area contributed by atoms with Crippen molar-refractivity contribution in [3.8, 4) is 0 Å². The van der Waals surface area contributed by atoms with Gasteiger partial charge in [-0.2, -0.15) is 17.5 Å². The molecule has 1 saturated heterocycles. The van der Waals surface area contributed by atoms with Gasteiger partial charge in [0.1, 0.15) is 0 Å². The van der Waals surface area contributed by atoms with Crippen molar-refractivity contribution in [1.82, 2.24) is 9.29 Å². The van der Waals surface area contributed by atoms with Crippen LogP contribution in [0.2, 0.25) is 0 Å². The van der Waals surface area contributed by atoms with Crippen LogP contribution in [0.5, 0.6) is 0 Å². The minimum absolute atomic E-state index is 0.0129. The van der Waals surface area contributed by atoms with Gasteiger partial charge in [0.15, 0.2) is 5.13 Å². The zero-order valence-electron chi connectivity index (χ0n) is 16.6. The Labute approximate surface area is 182 Å². The molecule has 0 saturated carbocycles. The second-order valence-corrected chi connectivity index (χ2v) is 10.7. The molecule has 11 heteroatoms. The van der Waals surface area contributed by atoms with E-state index in [9.17, 15) is 26.4 Å². The quantitative estimate of drug-likeness (QED) is 0.726. The average molecular weight is 474 g/mol. The molecule has 0 unspecified atom stereocenters. The minimum atomic E-state index is -4.77. The van der Waals surface area contributed by atoms with Crippen LogP contribution in [0.25, 0.3) is 0 Å². The van der Waals surface area contributed by atoms with Crippen molar-refractivity contribution in [3.05, 3.63) is 40.4 Å². The number of nitrogens with one attached hydrogen (secondary N) is 1. The number of hydrogen-bond donors (Lipinski definition) is 1. The lowest BCUT2D eigenvalue weighted by molar-refractivity contribution is -0.139. The summed E-state index contributed by atoms with van der Waals surface area (Å²) in [6, 6.07) is 4.17. The number of carbonyl (C=O) groups excluding carboxylic acids is 1. The first kappa shape index (κ1) is 22.2. The number of piperidine rings is 1. The summed E-state index contributed by atoms with van der Waals surface area (Å²) in [6.45, 7) is -0.0258. The van der Waals surface area contributed by atoms with E-state index in [1.165, 1.54) is 22.3 Å². The molecule has 2 heterocycles. The molecule has 0 atom stereocenters. The fourth-order valence-electron chi connectivity index (χ4n) is 4.04. The number of anilines is 1. The van der Waals surface area contributed by atoms with Crippen molar-refractivity contribution >= 4 is 32.4 Å². The topological polar surface area (TPSA) is 79.4 Å². The summed E-state index contributed by atoms with van der Waals surface area (Å²) in [5.74, 6) is -0.635. The molecule has 1 aromatic carbocycles. The van der Waals surface area contributed by atoms with Gasteiger partial charge < -0.3 is 5.32 Å². The number of rotatable bonds is 4. The van der Waals surface area contributed by atoms with E-state index in [0.717, 1.165) is 53.9 Å². The molecular formula is C20H22F3N3O3S2. The lowest BCUT2D eigenvalue weighted by Gasteiger charge is -2.31. The van der Waals surface area contributed by atoms with Crippen LogP contribution in [0.3, 0.4) is 0 Å². The molecular weight excluding hydrogens is 451 g/mol. The van der Waals surface area contributed by atoms with Gasteiger partial charge in [0.05, 0.1) is 16.2 Å². The van der Waals surface area contributed by atoms with Gasteiger partial charge in [-0.25, -0.2) is 13.4 Å². The van der Waals surface area contributed by atoms with Crippen LogP contribution in [-0.2, 0) is 33.8 Å². The molecule has 1 amide bonds. The zero-order valence-corrected chi connectivity index (χ0v) is 18.2. The molecule has 1 N–H and O–H groups in total. The highest BCUT2D eigenvalue weighted by molar-refractivity contribution is 7.89. The number of carbonyl (C=O) groups is 1. The van der Waals surface area contributed by atoms with Crippen LogP contribution < -0.4 is 5.32 Å². The van der Waals surface area contributed by atoms with Gasteiger partial charge in [0.2, 0.25) is 15.9 Å². The largest absolute Gasteiger partial charge is 0.417 e. The molecule has 0 radical (unpaired) electrons. The molecule has 1 aliphatic carbocycles. The minimum Gasteiger partial charge on any atom is -0.302 e. The van der Waals surface area contributed by atoms with Gasteiger partial charge in [0, 0.05) is 23.9 Å². The summed E-state index contributed by atoms with van der Waals surface area (Å²) < 4.78 is 66.5. The molecule has 31 heavy (non-hydrogen) atoms. The maximum Gasteiger partial charge on any atom is 0.417 e. The number of hydrogen-bond acceptors (Lipinski definition) is 5. The van der Waals surface area contributed by atoms with Crippen molar-refractivity contribution in [2.45, 2.75) is 49.6 Å². The molecule has 1 aliphatic heterocycles. The fourth-order valence-corrected chi connectivity index (χ4v) is 6.77. The summed E-state index contributed by atoms with van der Waals surface area (Å²) in [6.07, 6.45) is -0.194. The third-order valence-corrected chi connectivity index (χ3v) is 8.74. The van der Waals surface area contributed by atoms with E-state index in [2.05, 4.69) is 10.3 Å². The summed E-state index contributed by atoms with van der Waals surface area (Å²) in [5.41, 5.74) is -0.140. The Morgan fingerprint density at radius 3 is 2.48 bits per heavy atom. The van der Waals surface area contributed by atoms with Crippen molar-refractivity contribution in [2.75, 3.05) is 18.4 Å². The van der Waals surface area contributed by atoms with Gasteiger partial charge in [0.25, 0.3) is 0 Å². The highest BCUT2D eigenvalue weighted by Crippen LogP contribution is 2.36. The lowest BCUT2D eigenvalue weighted by Crippen LogP contribution is -2.41. The summed E-state index contributed by atoms with van der Waals surface area (Å²) >= 11 is 1.48. The smallest absolute Gasteiger partial charge is 0.302 e. The van der Waals surface area contributed by atoms with Gasteiger partial charge in [-0.1, -0.05) is 12.1 Å². The Kier molecular flexibility index (Phi) is 6.10. The number of alkyl halides is 3. The van der Waals surface area contributed by atoms with Crippen LogP contribution in [0.15, 0.2) is 29.2 Å². The average Bonchev–Trinajstić information content (AvgIpc) is 3.15. The number of sulfonamides is 1. The second-order valence-electron chi connectivity index (χ2n) is 7.76.